The first-order valence-corrected chi connectivity index (χ1v) is 6.09. The Morgan fingerprint density at radius 2 is 2.12 bits per heavy atom. The van der Waals surface area contributed by atoms with E-state index in [-0.39, 0.29) is 17.9 Å². The Hall–Kier alpha value is -1.06. The van der Waals surface area contributed by atoms with Crippen molar-refractivity contribution in [2.24, 2.45) is 11.8 Å². The molecule has 0 saturated heterocycles. The van der Waals surface area contributed by atoms with E-state index in [9.17, 15) is 9.59 Å². The lowest BCUT2D eigenvalue weighted by atomic mass is 10.0. The molecule has 0 aromatic carbocycles. The molecule has 1 amide bonds. The van der Waals surface area contributed by atoms with Crippen LogP contribution in [0.5, 0.6) is 0 Å². The normalized spacial score (nSPS) is 26.4. The van der Waals surface area contributed by atoms with Crippen molar-refractivity contribution in [3.63, 3.8) is 0 Å². The second kappa shape index (κ2) is 5.87. The molecular formula is C12H21NO3. The summed E-state index contributed by atoms with van der Waals surface area (Å²) in [5, 5.41) is 11.9. The molecular weight excluding hydrogens is 206 g/mol. The van der Waals surface area contributed by atoms with Crippen molar-refractivity contribution in [1.82, 2.24) is 5.32 Å². The highest BCUT2D eigenvalue weighted by molar-refractivity contribution is 5.80. The smallest absolute Gasteiger partial charge is 0.308 e. The van der Waals surface area contributed by atoms with E-state index in [0.29, 0.717) is 6.42 Å². The van der Waals surface area contributed by atoms with Gasteiger partial charge in [-0.25, -0.2) is 0 Å². The summed E-state index contributed by atoms with van der Waals surface area (Å²) in [6.45, 7) is 3.93. The van der Waals surface area contributed by atoms with E-state index in [1.165, 1.54) is 0 Å². The van der Waals surface area contributed by atoms with Gasteiger partial charge in [0, 0.05) is 12.0 Å². The molecule has 0 aromatic rings. The molecule has 1 unspecified atom stereocenters. The minimum atomic E-state index is -0.786. The number of carbonyl (C=O) groups excluding carboxylic acids is 1. The van der Waals surface area contributed by atoms with Gasteiger partial charge in [0.2, 0.25) is 5.91 Å². The number of rotatable bonds is 5. The molecule has 4 nitrogen and oxygen atoms in total. The fourth-order valence-electron chi connectivity index (χ4n) is 2.32. The van der Waals surface area contributed by atoms with Gasteiger partial charge in [-0.2, -0.15) is 0 Å². The van der Waals surface area contributed by atoms with Crippen LogP contribution in [-0.4, -0.2) is 23.0 Å². The summed E-state index contributed by atoms with van der Waals surface area (Å²) in [5.74, 6) is -1.19. The molecule has 2 N–H and O–H groups in total. The van der Waals surface area contributed by atoms with Crippen molar-refractivity contribution in [2.75, 3.05) is 0 Å². The largest absolute Gasteiger partial charge is 0.481 e. The Balaban J connectivity index is 2.47. The van der Waals surface area contributed by atoms with Gasteiger partial charge in [0.25, 0.3) is 0 Å². The number of carbonyl (C=O) groups is 2. The second-order valence-electron chi connectivity index (χ2n) is 4.68. The van der Waals surface area contributed by atoms with Crippen molar-refractivity contribution in [3.8, 4) is 0 Å². The Kier molecular flexibility index (Phi) is 4.77. The molecule has 3 atom stereocenters. The van der Waals surface area contributed by atoms with Gasteiger partial charge in [-0.1, -0.05) is 26.7 Å². The number of hydrogen-bond donors (Lipinski definition) is 2. The fourth-order valence-corrected chi connectivity index (χ4v) is 2.32. The number of nitrogens with one attached hydrogen (secondary N) is 1. The van der Waals surface area contributed by atoms with Gasteiger partial charge >= 0.3 is 5.97 Å². The van der Waals surface area contributed by atoms with E-state index in [2.05, 4.69) is 5.32 Å². The first kappa shape index (κ1) is 13.0. The third kappa shape index (κ3) is 3.22. The maximum absolute atomic E-state index is 11.8. The Bertz CT molecular complexity index is 265. The molecule has 1 aliphatic rings. The van der Waals surface area contributed by atoms with Crippen molar-refractivity contribution in [1.29, 1.82) is 0 Å². The number of hydrogen-bond acceptors (Lipinski definition) is 2. The van der Waals surface area contributed by atoms with E-state index in [0.717, 1.165) is 25.7 Å². The third-order valence-electron chi connectivity index (χ3n) is 3.33. The van der Waals surface area contributed by atoms with Crippen LogP contribution in [0.15, 0.2) is 0 Å². The van der Waals surface area contributed by atoms with Crippen molar-refractivity contribution >= 4 is 11.9 Å². The lowest BCUT2D eigenvalue weighted by molar-refractivity contribution is -0.142. The standard InChI is InChI=1S/C12H21NO3/c1-3-5-8(2)11(14)13-10-7-4-6-9(10)12(15)16/h8-10H,3-7H2,1-2H3,(H,13,14)(H,15,16)/t8?,9-,10+/m0/s1. The van der Waals surface area contributed by atoms with Crippen molar-refractivity contribution in [3.05, 3.63) is 0 Å². The molecule has 0 aromatic heterocycles. The van der Waals surface area contributed by atoms with Crippen LogP contribution >= 0.6 is 0 Å². The number of carboxylic acid groups (broad SMARTS) is 1. The Morgan fingerprint density at radius 3 is 2.69 bits per heavy atom. The lowest BCUT2D eigenvalue weighted by Gasteiger charge is -2.20. The first-order chi connectivity index (χ1) is 7.56. The van der Waals surface area contributed by atoms with Crippen LogP contribution in [0.25, 0.3) is 0 Å². The number of carboxylic acids is 1. The summed E-state index contributed by atoms with van der Waals surface area (Å²) < 4.78 is 0. The molecule has 0 aliphatic heterocycles. The molecule has 1 rings (SSSR count). The highest BCUT2D eigenvalue weighted by atomic mass is 16.4. The van der Waals surface area contributed by atoms with Crippen LogP contribution in [0.1, 0.15) is 46.0 Å². The van der Waals surface area contributed by atoms with Crippen molar-refractivity contribution < 1.29 is 14.7 Å². The van der Waals surface area contributed by atoms with E-state index in [1.54, 1.807) is 0 Å². The Labute approximate surface area is 96.4 Å². The van der Waals surface area contributed by atoms with Crippen LogP contribution in [0.3, 0.4) is 0 Å². The number of aliphatic carboxylic acids is 1. The fraction of sp³-hybridized carbons (Fsp3) is 0.833. The maximum atomic E-state index is 11.8. The van der Waals surface area contributed by atoms with E-state index < -0.39 is 11.9 Å². The van der Waals surface area contributed by atoms with Gasteiger partial charge in [0.1, 0.15) is 0 Å². The summed E-state index contributed by atoms with van der Waals surface area (Å²) in [4.78, 5) is 22.7. The average Bonchev–Trinajstić information content (AvgIpc) is 2.66. The zero-order valence-corrected chi connectivity index (χ0v) is 10.0. The minimum Gasteiger partial charge on any atom is -0.481 e. The zero-order chi connectivity index (χ0) is 12.1. The quantitative estimate of drug-likeness (QED) is 0.752. The van der Waals surface area contributed by atoms with Crippen LogP contribution in [0.2, 0.25) is 0 Å². The molecule has 0 spiro atoms. The maximum Gasteiger partial charge on any atom is 0.308 e. The highest BCUT2D eigenvalue weighted by Gasteiger charge is 2.34. The van der Waals surface area contributed by atoms with Gasteiger partial charge in [0.05, 0.1) is 5.92 Å². The van der Waals surface area contributed by atoms with Crippen LogP contribution < -0.4 is 5.32 Å². The SMILES string of the molecule is CCCC(C)C(=O)N[C@@H]1CCC[C@@H]1C(=O)O. The summed E-state index contributed by atoms with van der Waals surface area (Å²) in [5.41, 5.74) is 0. The van der Waals surface area contributed by atoms with Crippen molar-refractivity contribution in [2.45, 2.75) is 52.0 Å². The lowest BCUT2D eigenvalue weighted by Crippen LogP contribution is -2.42. The monoisotopic (exact) mass is 227 g/mol. The summed E-state index contributed by atoms with van der Waals surface area (Å²) in [7, 11) is 0. The molecule has 0 heterocycles. The summed E-state index contributed by atoms with van der Waals surface area (Å²) in [6, 6.07) is -0.163. The molecule has 92 valence electrons. The summed E-state index contributed by atoms with van der Waals surface area (Å²) >= 11 is 0. The molecule has 1 fully saturated rings. The van der Waals surface area contributed by atoms with E-state index in [4.69, 9.17) is 5.11 Å². The Morgan fingerprint density at radius 1 is 1.44 bits per heavy atom. The van der Waals surface area contributed by atoms with Crippen LogP contribution in [-0.2, 0) is 9.59 Å². The van der Waals surface area contributed by atoms with E-state index in [1.807, 2.05) is 13.8 Å². The van der Waals surface area contributed by atoms with Gasteiger partial charge in [0.15, 0.2) is 0 Å². The molecule has 0 bridgehead atoms. The molecule has 1 aliphatic carbocycles. The van der Waals surface area contributed by atoms with Gasteiger partial charge in [-0.15, -0.1) is 0 Å². The van der Waals surface area contributed by atoms with Gasteiger partial charge in [-0.3, -0.25) is 9.59 Å². The van der Waals surface area contributed by atoms with Crippen LogP contribution in [0, 0.1) is 11.8 Å². The van der Waals surface area contributed by atoms with Gasteiger partial charge < -0.3 is 10.4 Å². The summed E-state index contributed by atoms with van der Waals surface area (Å²) in [6.07, 6.45) is 4.20. The second-order valence-corrected chi connectivity index (χ2v) is 4.68. The molecule has 0 radical (unpaired) electrons. The predicted molar refractivity (Wildman–Crippen MR) is 61.0 cm³/mol. The van der Waals surface area contributed by atoms with Gasteiger partial charge in [-0.05, 0) is 19.3 Å². The van der Waals surface area contributed by atoms with Crippen LogP contribution in [0.4, 0.5) is 0 Å². The molecule has 4 heteroatoms. The highest BCUT2D eigenvalue weighted by Crippen LogP contribution is 2.26. The zero-order valence-electron chi connectivity index (χ0n) is 10.0. The first-order valence-electron chi connectivity index (χ1n) is 6.09. The molecule has 16 heavy (non-hydrogen) atoms. The third-order valence-corrected chi connectivity index (χ3v) is 3.33. The average molecular weight is 227 g/mol. The van der Waals surface area contributed by atoms with E-state index >= 15 is 0 Å². The topological polar surface area (TPSA) is 66.4 Å². The molecule has 1 saturated carbocycles. The predicted octanol–water partition coefficient (Wildman–Crippen LogP) is 1.79. The number of amides is 1. The minimum absolute atomic E-state index is 0.